The summed E-state index contributed by atoms with van der Waals surface area (Å²) in [6.07, 6.45) is 1.05. The second kappa shape index (κ2) is 7.37. The maximum absolute atomic E-state index is 6.01. The average Bonchev–Trinajstić information content (AvgIpc) is 3.08. The predicted octanol–water partition coefficient (Wildman–Crippen LogP) is 4.72. The molecule has 0 amide bonds. The molecule has 0 fully saturated rings. The number of hydrogen-bond acceptors (Lipinski definition) is 5. The lowest BCUT2D eigenvalue weighted by Gasteiger charge is -2.12. The van der Waals surface area contributed by atoms with Crippen LogP contribution in [-0.4, -0.2) is 42.1 Å². The molecule has 138 valence electrons. The number of aromatic nitrogens is 2. The minimum Gasteiger partial charge on any atom is -0.453 e. The first kappa shape index (κ1) is 17.5. The molecular weight excluding hydrogens is 336 g/mol. The van der Waals surface area contributed by atoms with Crippen LogP contribution in [-0.2, 0) is 0 Å². The molecule has 0 radical (unpaired) electrons. The Morgan fingerprint density at radius 3 is 2.74 bits per heavy atom. The monoisotopic (exact) mass is 360 g/mol. The summed E-state index contributed by atoms with van der Waals surface area (Å²) in [5.74, 6) is 2.15. The first-order chi connectivity index (χ1) is 13.1. The normalized spacial score (nSPS) is 11.6. The van der Waals surface area contributed by atoms with E-state index in [9.17, 15) is 0 Å². The van der Waals surface area contributed by atoms with Crippen molar-refractivity contribution in [2.45, 2.75) is 13.3 Å². The van der Waals surface area contributed by atoms with Crippen molar-refractivity contribution in [3.05, 3.63) is 54.1 Å². The summed E-state index contributed by atoms with van der Waals surface area (Å²) >= 11 is 0. The Morgan fingerprint density at radius 2 is 1.89 bits per heavy atom. The Bertz CT molecular complexity index is 1080. The van der Waals surface area contributed by atoms with E-state index in [4.69, 9.17) is 14.4 Å². The van der Waals surface area contributed by atoms with E-state index in [1.54, 1.807) is 0 Å². The largest absolute Gasteiger partial charge is 0.453 e. The molecule has 0 aliphatic heterocycles. The highest BCUT2D eigenvalue weighted by Crippen LogP contribution is 2.29. The van der Waals surface area contributed by atoms with Crippen LogP contribution >= 0.6 is 0 Å². The number of nitrogens with one attached hydrogen (secondary N) is 1. The van der Waals surface area contributed by atoms with Crippen molar-refractivity contribution in [1.82, 2.24) is 14.9 Å². The molecule has 0 unspecified atom stereocenters. The molecule has 2 aromatic heterocycles. The second-order valence-corrected chi connectivity index (χ2v) is 7.15. The second-order valence-electron chi connectivity index (χ2n) is 7.15. The average molecular weight is 360 g/mol. The maximum atomic E-state index is 6.01. The number of furan rings is 1. The zero-order valence-corrected chi connectivity index (χ0v) is 16.0. The molecule has 27 heavy (non-hydrogen) atoms. The first-order valence-electron chi connectivity index (χ1n) is 9.26. The van der Waals surface area contributed by atoms with Gasteiger partial charge in [0.25, 0.3) is 0 Å². The van der Waals surface area contributed by atoms with Crippen LogP contribution < -0.4 is 5.32 Å². The van der Waals surface area contributed by atoms with Crippen LogP contribution in [0.15, 0.2) is 52.9 Å². The van der Waals surface area contributed by atoms with Crippen molar-refractivity contribution < 1.29 is 4.42 Å². The van der Waals surface area contributed by atoms with E-state index in [-0.39, 0.29) is 0 Å². The molecule has 5 heteroatoms. The number of nitrogens with zero attached hydrogens (tertiary/aromatic N) is 3. The van der Waals surface area contributed by atoms with E-state index < -0.39 is 0 Å². The summed E-state index contributed by atoms with van der Waals surface area (Å²) < 4.78 is 6.01. The maximum Gasteiger partial charge on any atom is 0.198 e. The van der Waals surface area contributed by atoms with Crippen LogP contribution in [0, 0.1) is 6.92 Å². The number of benzene rings is 2. The van der Waals surface area contributed by atoms with Crippen LogP contribution in [0.25, 0.3) is 33.5 Å². The molecule has 0 saturated heterocycles. The predicted molar refractivity (Wildman–Crippen MR) is 111 cm³/mol. The van der Waals surface area contributed by atoms with E-state index in [0.717, 1.165) is 47.2 Å². The standard InChI is InChI=1S/C22H24N4O/c1-15-9-10-19-16(13-15)14-20(27-19)22-24-18-8-5-4-7-17(18)21(25-22)23-11-6-12-26(2)3/h4-5,7-10,13-14H,6,11-12H2,1-3H3,(H,23,24,25). The van der Waals surface area contributed by atoms with Gasteiger partial charge in [-0.25, -0.2) is 9.97 Å². The molecule has 0 aliphatic carbocycles. The van der Waals surface area contributed by atoms with Crippen molar-refractivity contribution in [3.63, 3.8) is 0 Å². The van der Waals surface area contributed by atoms with Crippen LogP contribution in [0.2, 0.25) is 0 Å². The topological polar surface area (TPSA) is 54.2 Å². The summed E-state index contributed by atoms with van der Waals surface area (Å²) in [6.45, 7) is 3.97. The summed E-state index contributed by atoms with van der Waals surface area (Å²) in [5.41, 5.74) is 2.97. The van der Waals surface area contributed by atoms with Crippen molar-refractivity contribution in [2.75, 3.05) is 32.5 Å². The highest BCUT2D eigenvalue weighted by molar-refractivity contribution is 5.91. The Balaban J connectivity index is 1.71. The zero-order valence-electron chi connectivity index (χ0n) is 16.0. The third-order valence-electron chi connectivity index (χ3n) is 4.57. The van der Waals surface area contributed by atoms with Gasteiger partial charge in [-0.2, -0.15) is 0 Å². The lowest BCUT2D eigenvalue weighted by molar-refractivity contribution is 0.405. The Kier molecular flexibility index (Phi) is 4.77. The van der Waals surface area contributed by atoms with Crippen LogP contribution in [0.4, 0.5) is 5.82 Å². The van der Waals surface area contributed by atoms with E-state index in [0.29, 0.717) is 11.6 Å². The van der Waals surface area contributed by atoms with E-state index in [1.807, 2.05) is 30.3 Å². The summed E-state index contributed by atoms with van der Waals surface area (Å²) in [4.78, 5) is 11.7. The molecule has 0 spiro atoms. The van der Waals surface area contributed by atoms with Crippen LogP contribution in [0.1, 0.15) is 12.0 Å². The molecule has 5 nitrogen and oxygen atoms in total. The summed E-state index contributed by atoms with van der Waals surface area (Å²) in [5, 5.41) is 5.57. The molecule has 0 bridgehead atoms. The lowest BCUT2D eigenvalue weighted by Crippen LogP contribution is -2.16. The minimum atomic E-state index is 0.609. The number of anilines is 1. The van der Waals surface area contributed by atoms with Gasteiger partial charge in [-0.1, -0.05) is 23.8 Å². The van der Waals surface area contributed by atoms with Gasteiger partial charge in [0, 0.05) is 17.3 Å². The molecule has 2 aromatic carbocycles. The highest BCUT2D eigenvalue weighted by Gasteiger charge is 2.13. The van der Waals surface area contributed by atoms with Crippen molar-refractivity contribution in [3.8, 4) is 11.6 Å². The van der Waals surface area contributed by atoms with E-state index in [1.165, 1.54) is 5.56 Å². The minimum absolute atomic E-state index is 0.609. The third kappa shape index (κ3) is 3.78. The van der Waals surface area contributed by atoms with Gasteiger partial charge in [-0.15, -0.1) is 0 Å². The summed E-state index contributed by atoms with van der Waals surface area (Å²) in [7, 11) is 4.17. The molecule has 0 aliphatic rings. The third-order valence-corrected chi connectivity index (χ3v) is 4.57. The van der Waals surface area contributed by atoms with Gasteiger partial charge in [0.2, 0.25) is 0 Å². The van der Waals surface area contributed by atoms with Gasteiger partial charge in [0.15, 0.2) is 11.6 Å². The molecule has 4 rings (SSSR count). The molecule has 4 aromatic rings. The molecular formula is C22H24N4O. The SMILES string of the molecule is Cc1ccc2oc(-c3nc(NCCCN(C)C)c4ccccc4n3)cc2c1. The molecule has 2 heterocycles. The number of hydrogen-bond donors (Lipinski definition) is 1. The number of fused-ring (bicyclic) bond motifs is 2. The fourth-order valence-corrected chi connectivity index (χ4v) is 3.20. The number of rotatable bonds is 6. The van der Waals surface area contributed by atoms with Crippen molar-refractivity contribution in [2.24, 2.45) is 0 Å². The molecule has 1 N–H and O–H groups in total. The van der Waals surface area contributed by atoms with Gasteiger partial charge in [-0.3, -0.25) is 0 Å². The van der Waals surface area contributed by atoms with Gasteiger partial charge in [0.05, 0.1) is 5.52 Å². The fourth-order valence-electron chi connectivity index (χ4n) is 3.20. The molecule has 0 atom stereocenters. The van der Waals surface area contributed by atoms with E-state index >= 15 is 0 Å². The fraction of sp³-hybridized carbons (Fsp3) is 0.273. The zero-order chi connectivity index (χ0) is 18.8. The van der Waals surface area contributed by atoms with Gasteiger partial charge >= 0.3 is 0 Å². The van der Waals surface area contributed by atoms with Crippen LogP contribution in [0.5, 0.6) is 0 Å². The quantitative estimate of drug-likeness (QED) is 0.505. The summed E-state index contributed by atoms with van der Waals surface area (Å²) in [6, 6.07) is 16.3. The lowest BCUT2D eigenvalue weighted by atomic mass is 10.2. The Morgan fingerprint density at radius 1 is 1.04 bits per heavy atom. The van der Waals surface area contributed by atoms with Crippen molar-refractivity contribution in [1.29, 1.82) is 0 Å². The first-order valence-corrected chi connectivity index (χ1v) is 9.26. The Labute approximate surface area is 159 Å². The van der Waals surface area contributed by atoms with Crippen molar-refractivity contribution >= 4 is 27.7 Å². The van der Waals surface area contributed by atoms with Gasteiger partial charge < -0.3 is 14.6 Å². The van der Waals surface area contributed by atoms with Crippen LogP contribution in [0.3, 0.4) is 0 Å². The highest BCUT2D eigenvalue weighted by atomic mass is 16.3. The number of para-hydroxylation sites is 1. The molecule has 0 saturated carbocycles. The Hall–Kier alpha value is -2.92. The smallest absolute Gasteiger partial charge is 0.198 e. The number of aryl methyl sites for hydroxylation is 1. The van der Waals surface area contributed by atoms with Gasteiger partial charge in [0.1, 0.15) is 11.4 Å². The van der Waals surface area contributed by atoms with Gasteiger partial charge in [-0.05, 0) is 64.3 Å². The van der Waals surface area contributed by atoms with E-state index in [2.05, 4.69) is 49.4 Å².